The predicted octanol–water partition coefficient (Wildman–Crippen LogP) is 3.48. The molecule has 2 aromatic carbocycles. The Kier molecular flexibility index (Phi) is 8.94. The van der Waals surface area contributed by atoms with Gasteiger partial charge in [-0.25, -0.2) is 0 Å². The first-order chi connectivity index (χ1) is 18.7. The number of hydrogen-bond acceptors (Lipinski definition) is 7. The summed E-state index contributed by atoms with van der Waals surface area (Å²) in [6.45, 7) is 7.21. The van der Waals surface area contributed by atoms with Crippen LogP contribution < -0.4 is 20.3 Å². The van der Waals surface area contributed by atoms with E-state index in [9.17, 15) is 4.79 Å². The Labute approximate surface area is 225 Å². The number of amides is 1. The zero-order valence-electron chi connectivity index (χ0n) is 22.3. The summed E-state index contributed by atoms with van der Waals surface area (Å²) in [5, 5.41) is 11.0. The largest absolute Gasteiger partial charge is 0.497 e. The number of piperidine rings is 1. The van der Waals surface area contributed by atoms with Crippen LogP contribution in [0.3, 0.4) is 0 Å². The highest BCUT2D eigenvalue weighted by Gasteiger charge is 2.28. The van der Waals surface area contributed by atoms with Gasteiger partial charge in [-0.3, -0.25) is 9.69 Å². The molecule has 2 atom stereocenters. The standard InChI is InChI=1S/C30H39N5O3/c1-37-28-9-7-23(8-10-28)20-32-30(36)18-24-11-12-31-21-25(24)17-26-19-29(38-33-26)22-34-13-15-35(16-14-34)27-5-3-2-4-6-27/h2-10,19,24-25,31H,11-18,20-22H2,1H3,(H,32,36)/t24-,25+/m1/s1. The minimum absolute atomic E-state index is 0.105. The summed E-state index contributed by atoms with van der Waals surface area (Å²) in [7, 11) is 1.65. The summed E-state index contributed by atoms with van der Waals surface area (Å²) in [5.41, 5.74) is 3.34. The molecule has 8 nitrogen and oxygen atoms in total. The Hall–Kier alpha value is -3.36. The molecule has 2 N–H and O–H groups in total. The number of anilines is 1. The summed E-state index contributed by atoms with van der Waals surface area (Å²) >= 11 is 0. The topological polar surface area (TPSA) is 82.9 Å². The quantitative estimate of drug-likeness (QED) is 0.426. The summed E-state index contributed by atoms with van der Waals surface area (Å²) in [5.74, 6) is 2.54. The third-order valence-corrected chi connectivity index (χ3v) is 7.81. The number of carbonyl (C=O) groups excluding carboxylic acids is 1. The van der Waals surface area contributed by atoms with E-state index in [-0.39, 0.29) is 5.91 Å². The third-order valence-electron chi connectivity index (χ3n) is 7.81. The maximum absolute atomic E-state index is 12.7. The van der Waals surface area contributed by atoms with Crippen molar-refractivity contribution in [2.24, 2.45) is 11.8 Å². The second-order valence-electron chi connectivity index (χ2n) is 10.4. The second-order valence-corrected chi connectivity index (χ2v) is 10.4. The Morgan fingerprint density at radius 2 is 1.87 bits per heavy atom. The smallest absolute Gasteiger partial charge is 0.220 e. The zero-order valence-corrected chi connectivity index (χ0v) is 22.3. The number of ether oxygens (including phenoxy) is 1. The van der Waals surface area contributed by atoms with E-state index in [2.05, 4.69) is 62.0 Å². The molecule has 5 rings (SSSR count). The molecule has 2 aliphatic rings. The lowest BCUT2D eigenvalue weighted by Gasteiger charge is -2.35. The molecule has 2 aliphatic heterocycles. The van der Waals surface area contributed by atoms with Gasteiger partial charge >= 0.3 is 0 Å². The molecule has 1 amide bonds. The molecular weight excluding hydrogens is 478 g/mol. The lowest BCUT2D eigenvalue weighted by molar-refractivity contribution is -0.122. The van der Waals surface area contributed by atoms with Crippen molar-refractivity contribution in [2.45, 2.75) is 32.4 Å². The minimum atomic E-state index is 0.105. The SMILES string of the molecule is COc1ccc(CNC(=O)C[C@H]2CCNC[C@@H]2Cc2cc(CN3CCN(c4ccccc4)CC3)on2)cc1. The first kappa shape index (κ1) is 26.3. The highest BCUT2D eigenvalue weighted by molar-refractivity contribution is 5.76. The highest BCUT2D eigenvalue weighted by Crippen LogP contribution is 2.27. The average Bonchev–Trinajstić information content (AvgIpc) is 3.40. The molecule has 202 valence electrons. The summed E-state index contributed by atoms with van der Waals surface area (Å²) in [6, 6.07) is 20.5. The number of para-hydroxylation sites is 1. The molecule has 0 radical (unpaired) electrons. The number of hydrogen-bond donors (Lipinski definition) is 2. The number of methoxy groups -OCH3 is 1. The van der Waals surface area contributed by atoms with Gasteiger partial charge in [0, 0.05) is 50.9 Å². The average molecular weight is 518 g/mol. The summed E-state index contributed by atoms with van der Waals surface area (Å²) in [4.78, 5) is 17.6. The van der Waals surface area contributed by atoms with Crippen LogP contribution in [0.15, 0.2) is 65.2 Å². The summed E-state index contributed by atoms with van der Waals surface area (Å²) in [6.07, 6.45) is 2.37. The van der Waals surface area contributed by atoms with Crippen molar-refractivity contribution in [1.82, 2.24) is 20.7 Å². The van der Waals surface area contributed by atoms with E-state index in [1.165, 1.54) is 5.69 Å². The first-order valence-electron chi connectivity index (χ1n) is 13.7. The van der Waals surface area contributed by atoms with E-state index in [1.807, 2.05) is 24.3 Å². The molecule has 0 unspecified atom stereocenters. The zero-order chi connectivity index (χ0) is 26.2. The van der Waals surface area contributed by atoms with Crippen LogP contribution in [0.5, 0.6) is 5.75 Å². The number of carbonyl (C=O) groups is 1. The van der Waals surface area contributed by atoms with Gasteiger partial charge in [-0.1, -0.05) is 35.5 Å². The van der Waals surface area contributed by atoms with E-state index < -0.39 is 0 Å². The fraction of sp³-hybridized carbons (Fsp3) is 0.467. The number of nitrogens with one attached hydrogen (secondary N) is 2. The number of benzene rings is 2. The summed E-state index contributed by atoms with van der Waals surface area (Å²) < 4.78 is 10.9. The van der Waals surface area contributed by atoms with E-state index in [1.54, 1.807) is 7.11 Å². The van der Waals surface area contributed by atoms with Gasteiger partial charge in [-0.2, -0.15) is 0 Å². The van der Waals surface area contributed by atoms with Crippen molar-refractivity contribution < 1.29 is 14.1 Å². The molecule has 0 saturated carbocycles. The molecule has 0 spiro atoms. The molecule has 8 heteroatoms. The minimum Gasteiger partial charge on any atom is -0.497 e. The van der Waals surface area contributed by atoms with Gasteiger partial charge in [-0.15, -0.1) is 0 Å². The van der Waals surface area contributed by atoms with E-state index >= 15 is 0 Å². The van der Waals surface area contributed by atoms with Crippen LogP contribution in [0.1, 0.15) is 29.9 Å². The Balaban J connectivity index is 1.08. The maximum Gasteiger partial charge on any atom is 0.220 e. The number of aromatic nitrogens is 1. The fourth-order valence-corrected chi connectivity index (χ4v) is 5.56. The van der Waals surface area contributed by atoms with Gasteiger partial charge in [0.05, 0.1) is 19.3 Å². The predicted molar refractivity (Wildman–Crippen MR) is 148 cm³/mol. The van der Waals surface area contributed by atoms with Gasteiger partial charge in [0.1, 0.15) is 5.75 Å². The molecule has 2 fully saturated rings. The normalized spacial score (nSPS) is 20.3. The molecule has 3 aromatic rings. The third kappa shape index (κ3) is 7.14. The highest BCUT2D eigenvalue weighted by atomic mass is 16.5. The van der Waals surface area contributed by atoms with E-state index in [0.717, 1.165) is 81.4 Å². The fourth-order valence-electron chi connectivity index (χ4n) is 5.56. The van der Waals surface area contributed by atoms with Crippen LogP contribution in [0.25, 0.3) is 0 Å². The van der Waals surface area contributed by atoms with Crippen molar-refractivity contribution in [3.05, 3.63) is 77.7 Å². The van der Waals surface area contributed by atoms with Gasteiger partial charge < -0.3 is 24.8 Å². The van der Waals surface area contributed by atoms with Gasteiger partial charge in [0.15, 0.2) is 5.76 Å². The van der Waals surface area contributed by atoms with Crippen LogP contribution in [0.4, 0.5) is 5.69 Å². The lowest BCUT2D eigenvalue weighted by atomic mass is 9.81. The molecule has 3 heterocycles. The number of nitrogens with zero attached hydrogens (tertiary/aromatic N) is 3. The second kappa shape index (κ2) is 12.9. The van der Waals surface area contributed by atoms with Crippen molar-refractivity contribution in [1.29, 1.82) is 0 Å². The van der Waals surface area contributed by atoms with Crippen molar-refractivity contribution in [3.8, 4) is 5.75 Å². The van der Waals surface area contributed by atoms with Gasteiger partial charge in [-0.05, 0) is 67.6 Å². The molecule has 0 bridgehead atoms. The molecule has 1 aromatic heterocycles. The monoisotopic (exact) mass is 517 g/mol. The van der Waals surface area contributed by atoms with Crippen molar-refractivity contribution in [3.63, 3.8) is 0 Å². The Morgan fingerprint density at radius 1 is 1.08 bits per heavy atom. The Bertz CT molecular complexity index is 1140. The van der Waals surface area contributed by atoms with Crippen molar-refractivity contribution in [2.75, 3.05) is 51.3 Å². The molecular formula is C30H39N5O3. The van der Waals surface area contributed by atoms with Crippen LogP contribution in [0.2, 0.25) is 0 Å². The number of piperazine rings is 1. The number of rotatable bonds is 10. The van der Waals surface area contributed by atoms with Gasteiger partial charge in [0.25, 0.3) is 0 Å². The lowest BCUT2D eigenvalue weighted by Crippen LogP contribution is -2.45. The van der Waals surface area contributed by atoms with Crippen LogP contribution in [-0.4, -0.2) is 62.3 Å². The van der Waals surface area contributed by atoms with Crippen LogP contribution in [0, 0.1) is 11.8 Å². The molecule has 2 saturated heterocycles. The van der Waals surface area contributed by atoms with Crippen LogP contribution >= 0.6 is 0 Å². The van der Waals surface area contributed by atoms with Gasteiger partial charge in [0.2, 0.25) is 5.91 Å². The maximum atomic E-state index is 12.7. The first-order valence-corrected chi connectivity index (χ1v) is 13.7. The molecule has 0 aliphatic carbocycles. The van der Waals surface area contributed by atoms with E-state index in [4.69, 9.17) is 9.26 Å². The van der Waals surface area contributed by atoms with E-state index in [0.29, 0.717) is 24.8 Å². The Morgan fingerprint density at radius 3 is 2.63 bits per heavy atom. The molecule has 38 heavy (non-hydrogen) atoms. The van der Waals surface area contributed by atoms with Crippen LogP contribution in [-0.2, 0) is 24.3 Å². The van der Waals surface area contributed by atoms with Crippen molar-refractivity contribution >= 4 is 11.6 Å².